The summed E-state index contributed by atoms with van der Waals surface area (Å²) >= 11 is 0. The molecule has 4 aliphatic carbocycles. The molecule has 0 spiro atoms. The van der Waals surface area contributed by atoms with Crippen LogP contribution in [0.1, 0.15) is 87.0 Å². The first kappa shape index (κ1) is 32.9. The first-order valence-electron chi connectivity index (χ1n) is 14.9. The van der Waals surface area contributed by atoms with Gasteiger partial charge in [-0.15, -0.1) is 0 Å². The average molecular weight is 591 g/mol. The Balaban J connectivity index is 0.00000370. The van der Waals surface area contributed by atoms with Crippen molar-refractivity contribution >= 4 is 16.4 Å². The minimum atomic E-state index is -5.06. The molecule has 10 heteroatoms. The van der Waals surface area contributed by atoms with Crippen LogP contribution in [0.4, 0.5) is 0 Å². The van der Waals surface area contributed by atoms with Gasteiger partial charge in [-0.1, -0.05) is 53.2 Å². The van der Waals surface area contributed by atoms with Gasteiger partial charge in [0.05, 0.1) is 12.2 Å². The number of carbonyl (C=O) groups excluding carboxylic acids is 1. The van der Waals surface area contributed by atoms with Crippen LogP contribution < -0.4 is 29.6 Å². The summed E-state index contributed by atoms with van der Waals surface area (Å²) in [6.07, 6.45) is 4.62. The van der Waals surface area contributed by atoms with Crippen LogP contribution in [0.5, 0.6) is 0 Å². The van der Waals surface area contributed by atoms with Crippen molar-refractivity contribution in [3.63, 3.8) is 0 Å². The van der Waals surface area contributed by atoms with Crippen LogP contribution in [0.25, 0.3) is 0 Å². The number of carbonyl (C=O) groups is 1. The van der Waals surface area contributed by atoms with E-state index in [1.165, 1.54) is 18.9 Å². The Kier molecular flexibility index (Phi) is 9.45. The van der Waals surface area contributed by atoms with Crippen LogP contribution in [0.15, 0.2) is 11.6 Å². The van der Waals surface area contributed by atoms with Gasteiger partial charge in [0.25, 0.3) is 0 Å². The second-order valence-corrected chi connectivity index (χ2v) is 15.2. The third-order valence-electron chi connectivity index (χ3n) is 12.0. The first-order chi connectivity index (χ1) is 18.1. The number of epoxide rings is 1. The molecule has 40 heavy (non-hydrogen) atoms. The van der Waals surface area contributed by atoms with Crippen molar-refractivity contribution < 1.29 is 66.1 Å². The fourth-order valence-electron chi connectivity index (χ4n) is 9.67. The Morgan fingerprint density at radius 3 is 2.35 bits per heavy atom. The molecule has 1 saturated heterocycles. The average Bonchev–Trinajstić information content (AvgIpc) is 3.54. The number of hydrogen-bond donors (Lipinski definition) is 1. The molecule has 0 bridgehead atoms. The molecule has 13 atom stereocenters. The van der Waals surface area contributed by atoms with Crippen molar-refractivity contribution in [1.82, 2.24) is 0 Å². The fraction of sp³-hybridized carbons (Fsp3) is 0.900. The minimum absolute atomic E-state index is 0. The second-order valence-electron chi connectivity index (χ2n) is 14.2. The smallest absolute Gasteiger partial charge is 0.726 e. The van der Waals surface area contributed by atoms with Crippen molar-refractivity contribution in [3.8, 4) is 0 Å². The molecule has 1 N–H and O–H groups in total. The van der Waals surface area contributed by atoms with E-state index in [0.717, 1.165) is 19.3 Å². The zero-order valence-electron chi connectivity index (χ0n) is 25.5. The van der Waals surface area contributed by atoms with Crippen molar-refractivity contribution in [2.24, 2.45) is 52.3 Å². The third kappa shape index (κ3) is 5.64. The number of rotatable bonds is 7. The molecule has 0 radical (unpaired) electrons. The number of fused-ring (bicyclic) bond motifs is 5. The van der Waals surface area contributed by atoms with E-state index in [1.54, 1.807) is 0 Å². The Morgan fingerprint density at radius 1 is 1.10 bits per heavy atom. The van der Waals surface area contributed by atoms with Gasteiger partial charge in [0.15, 0.2) is 0 Å². The third-order valence-corrected chi connectivity index (χ3v) is 12.5. The molecule has 3 saturated carbocycles. The maximum Gasteiger partial charge on any atom is 1.00 e. The maximum atomic E-state index is 11.9. The van der Waals surface area contributed by atoms with Gasteiger partial charge in [-0.2, -0.15) is 0 Å². The maximum absolute atomic E-state index is 11.9. The number of aliphatic hydroxyl groups is 1. The van der Waals surface area contributed by atoms with E-state index in [2.05, 4.69) is 47.6 Å². The Hall–Kier alpha value is -0.000000000000000222. The molecule has 0 aromatic rings. The van der Waals surface area contributed by atoms with Crippen LogP contribution >= 0.6 is 0 Å². The summed E-state index contributed by atoms with van der Waals surface area (Å²) in [5, 5.41) is 11.0. The molecule has 0 aromatic carbocycles. The molecule has 222 valence electrons. The topological polar surface area (TPSA) is 125 Å². The summed E-state index contributed by atoms with van der Waals surface area (Å²) in [5.41, 5.74) is 1.13. The van der Waals surface area contributed by atoms with Crippen LogP contribution in [-0.2, 0) is 28.9 Å². The Morgan fingerprint density at radius 2 is 1.75 bits per heavy atom. The van der Waals surface area contributed by atoms with Crippen LogP contribution in [0.2, 0.25) is 0 Å². The molecule has 5 rings (SSSR count). The normalized spacial score (nSPS) is 45.8. The molecule has 8 nitrogen and oxygen atoms in total. The molecular formula is C30H47NaO8S. The Bertz CT molecular complexity index is 1110. The van der Waals surface area contributed by atoms with Crippen LogP contribution in [0.3, 0.4) is 0 Å². The zero-order valence-corrected chi connectivity index (χ0v) is 28.3. The van der Waals surface area contributed by atoms with Gasteiger partial charge in [-0.25, -0.2) is 8.42 Å². The van der Waals surface area contributed by atoms with E-state index < -0.39 is 40.1 Å². The molecule has 1 aliphatic heterocycles. The van der Waals surface area contributed by atoms with E-state index in [4.69, 9.17) is 13.7 Å². The van der Waals surface area contributed by atoms with E-state index in [1.807, 2.05) is 0 Å². The van der Waals surface area contributed by atoms with E-state index >= 15 is 0 Å². The van der Waals surface area contributed by atoms with Gasteiger partial charge in [-0.05, 0) is 90.8 Å². The quantitative estimate of drug-likeness (QED) is 0.118. The molecule has 5 aliphatic rings. The van der Waals surface area contributed by atoms with Gasteiger partial charge < -0.3 is 19.1 Å². The summed E-state index contributed by atoms with van der Waals surface area (Å²) in [7, 11) is -5.06. The summed E-state index contributed by atoms with van der Waals surface area (Å²) < 4.78 is 51.7. The summed E-state index contributed by atoms with van der Waals surface area (Å²) in [5.74, 6) is 1.90. The van der Waals surface area contributed by atoms with Crippen LogP contribution in [-0.4, -0.2) is 54.6 Å². The molecule has 3 unspecified atom stereocenters. The van der Waals surface area contributed by atoms with Gasteiger partial charge in [0.1, 0.15) is 18.3 Å². The van der Waals surface area contributed by atoms with Crippen molar-refractivity contribution in [1.29, 1.82) is 0 Å². The largest absolute Gasteiger partial charge is 1.00 e. The minimum Gasteiger partial charge on any atom is -0.726 e. The predicted molar refractivity (Wildman–Crippen MR) is 144 cm³/mol. The summed E-state index contributed by atoms with van der Waals surface area (Å²) in [6.45, 7) is 15.1. The number of hydrogen-bond acceptors (Lipinski definition) is 8. The van der Waals surface area contributed by atoms with E-state index in [-0.39, 0.29) is 46.8 Å². The number of allylic oxidation sites excluding steroid dienone is 2. The van der Waals surface area contributed by atoms with E-state index in [9.17, 15) is 22.9 Å². The molecule has 0 aromatic heterocycles. The van der Waals surface area contributed by atoms with Crippen molar-refractivity contribution in [2.75, 3.05) is 0 Å². The monoisotopic (exact) mass is 590 g/mol. The molecule has 0 amide bonds. The van der Waals surface area contributed by atoms with Gasteiger partial charge in [0.2, 0.25) is 10.4 Å². The number of aliphatic hydroxyl groups excluding tert-OH is 1. The zero-order chi connectivity index (χ0) is 28.7. The first-order valence-corrected chi connectivity index (χ1v) is 16.3. The van der Waals surface area contributed by atoms with Crippen molar-refractivity contribution in [3.05, 3.63) is 11.6 Å². The second kappa shape index (κ2) is 11.5. The predicted octanol–water partition coefficient (Wildman–Crippen LogP) is 1.62. The molecule has 1 heterocycles. The SMILES string of the molecule is CC(=O)O[C@@H]1C[C@]2(C)C3CC[C@@]4(C)C(CC[C@@H]4[C@H](C)[C@@H]4O[C@H]4[C@H](C)C(C)C)C3=CCC2[C@H](OS(=O)(=O)[O-])[C@H]1O.[Na+]. The van der Waals surface area contributed by atoms with Crippen molar-refractivity contribution in [2.45, 2.75) is 118 Å². The Labute approximate surface area is 262 Å². The summed E-state index contributed by atoms with van der Waals surface area (Å²) in [4.78, 5) is 11.9. The van der Waals surface area contributed by atoms with Crippen LogP contribution in [0, 0.1) is 52.3 Å². The molecular weight excluding hydrogens is 543 g/mol. The molecule has 4 fully saturated rings. The van der Waals surface area contributed by atoms with Gasteiger partial charge in [0, 0.05) is 6.92 Å². The number of esters is 1. The standard InChI is InChI=1S/C30H48O8S.Na/c1-15(2)16(3)26-27(37-26)17(4)20-10-11-21-19-8-9-23-28(38-39(33,34)35)25(32)24(36-18(5)31)14-30(23,7)22(19)12-13-29(20,21)6;/h8,15-17,20-28,32H,9-14H2,1-7H3,(H,33,34,35);/q;+1/p-1/t16-,17+,20-,21?,22?,23?,24-,25+,26+,27+,28+,29-,30-;/m1./s1. The van der Waals surface area contributed by atoms with E-state index in [0.29, 0.717) is 54.6 Å². The fourth-order valence-corrected chi connectivity index (χ4v) is 10.2. The van der Waals surface area contributed by atoms with Gasteiger partial charge in [-0.3, -0.25) is 8.98 Å². The number of ether oxygens (including phenoxy) is 2. The summed E-state index contributed by atoms with van der Waals surface area (Å²) in [6, 6.07) is 0. The van der Waals surface area contributed by atoms with Gasteiger partial charge >= 0.3 is 35.5 Å².